The second-order valence-electron chi connectivity index (χ2n) is 4.62. The number of rotatable bonds is 6. The zero-order valence-electron chi connectivity index (χ0n) is 10.4. The van der Waals surface area contributed by atoms with E-state index in [1.54, 1.807) is 0 Å². The number of carbonyl (C=O) groups is 1. The summed E-state index contributed by atoms with van der Waals surface area (Å²) in [6, 6.07) is 0.537. The van der Waals surface area contributed by atoms with E-state index in [1.165, 1.54) is 32.1 Å². The van der Waals surface area contributed by atoms with Crippen molar-refractivity contribution in [2.24, 2.45) is 0 Å². The Morgan fingerprint density at radius 2 is 1.94 bits per heavy atom. The zero-order valence-corrected chi connectivity index (χ0v) is 12.0. The van der Waals surface area contributed by atoms with E-state index in [1.807, 2.05) is 0 Å². The fourth-order valence-electron chi connectivity index (χ4n) is 2.55. The number of amides is 1. The summed E-state index contributed by atoms with van der Waals surface area (Å²) in [5.41, 5.74) is 0. The number of unbranched alkanes of at least 4 members (excludes halogenated alkanes) is 1. The van der Waals surface area contributed by atoms with Crippen molar-refractivity contribution < 1.29 is 4.79 Å². The minimum Gasteiger partial charge on any atom is -0.340 e. The molecule has 0 bridgehead atoms. The van der Waals surface area contributed by atoms with Crippen LogP contribution in [0.3, 0.4) is 0 Å². The van der Waals surface area contributed by atoms with Crippen molar-refractivity contribution in [3.05, 3.63) is 0 Å². The van der Waals surface area contributed by atoms with Crippen molar-refractivity contribution in [2.75, 3.05) is 11.9 Å². The molecule has 1 amide bonds. The molecular formula is C13H24BrNO. The van der Waals surface area contributed by atoms with E-state index in [-0.39, 0.29) is 0 Å². The molecule has 16 heavy (non-hydrogen) atoms. The van der Waals surface area contributed by atoms with Gasteiger partial charge in [0.1, 0.15) is 0 Å². The van der Waals surface area contributed by atoms with Crippen LogP contribution in [0.5, 0.6) is 0 Å². The SMILES string of the molecule is CCN(C(=O)CCCCBr)C1CCCCC1. The number of hydrogen-bond acceptors (Lipinski definition) is 1. The molecular weight excluding hydrogens is 266 g/mol. The summed E-state index contributed by atoms with van der Waals surface area (Å²) in [4.78, 5) is 14.2. The molecule has 0 heterocycles. The molecule has 0 aromatic heterocycles. The highest BCUT2D eigenvalue weighted by Crippen LogP contribution is 2.23. The van der Waals surface area contributed by atoms with Gasteiger partial charge in [-0.1, -0.05) is 35.2 Å². The van der Waals surface area contributed by atoms with Crippen LogP contribution in [0.15, 0.2) is 0 Å². The van der Waals surface area contributed by atoms with Crippen LogP contribution in [0.4, 0.5) is 0 Å². The Morgan fingerprint density at radius 3 is 2.50 bits per heavy atom. The molecule has 0 aliphatic heterocycles. The van der Waals surface area contributed by atoms with Gasteiger partial charge in [-0.3, -0.25) is 4.79 Å². The summed E-state index contributed by atoms with van der Waals surface area (Å²) >= 11 is 3.41. The lowest BCUT2D eigenvalue weighted by Crippen LogP contribution is -2.41. The molecule has 0 aromatic carbocycles. The van der Waals surface area contributed by atoms with E-state index < -0.39 is 0 Å². The maximum absolute atomic E-state index is 12.1. The van der Waals surface area contributed by atoms with Crippen LogP contribution in [-0.2, 0) is 4.79 Å². The number of hydrogen-bond donors (Lipinski definition) is 0. The second-order valence-corrected chi connectivity index (χ2v) is 5.41. The van der Waals surface area contributed by atoms with Crippen LogP contribution in [-0.4, -0.2) is 28.7 Å². The molecule has 0 radical (unpaired) electrons. The zero-order chi connectivity index (χ0) is 11.8. The fraction of sp³-hybridized carbons (Fsp3) is 0.923. The lowest BCUT2D eigenvalue weighted by atomic mass is 9.94. The highest BCUT2D eigenvalue weighted by Gasteiger charge is 2.23. The van der Waals surface area contributed by atoms with E-state index in [0.29, 0.717) is 11.9 Å². The highest BCUT2D eigenvalue weighted by atomic mass is 79.9. The third-order valence-corrected chi connectivity index (χ3v) is 4.01. The summed E-state index contributed by atoms with van der Waals surface area (Å²) in [6.07, 6.45) is 9.25. The molecule has 1 rings (SSSR count). The van der Waals surface area contributed by atoms with Crippen molar-refractivity contribution in [1.29, 1.82) is 0 Å². The largest absolute Gasteiger partial charge is 0.340 e. The van der Waals surface area contributed by atoms with E-state index >= 15 is 0 Å². The smallest absolute Gasteiger partial charge is 0.222 e. The molecule has 0 aromatic rings. The molecule has 3 heteroatoms. The van der Waals surface area contributed by atoms with Gasteiger partial charge in [0, 0.05) is 24.3 Å². The Balaban J connectivity index is 2.35. The van der Waals surface area contributed by atoms with Gasteiger partial charge in [0.05, 0.1) is 0 Å². The second kappa shape index (κ2) is 8.10. The predicted octanol–water partition coefficient (Wildman–Crippen LogP) is 3.73. The number of alkyl halides is 1. The van der Waals surface area contributed by atoms with Crippen LogP contribution in [0.25, 0.3) is 0 Å². The molecule has 0 spiro atoms. The molecule has 1 saturated carbocycles. The summed E-state index contributed by atoms with van der Waals surface area (Å²) in [5, 5.41) is 1.01. The van der Waals surface area contributed by atoms with Gasteiger partial charge in [0.25, 0.3) is 0 Å². The first-order valence-corrected chi connectivity index (χ1v) is 7.77. The van der Waals surface area contributed by atoms with E-state index in [4.69, 9.17) is 0 Å². The topological polar surface area (TPSA) is 20.3 Å². The molecule has 1 aliphatic carbocycles. The predicted molar refractivity (Wildman–Crippen MR) is 71.9 cm³/mol. The minimum atomic E-state index is 0.371. The van der Waals surface area contributed by atoms with Gasteiger partial charge in [0.15, 0.2) is 0 Å². The van der Waals surface area contributed by atoms with Gasteiger partial charge in [-0.2, -0.15) is 0 Å². The molecule has 0 atom stereocenters. The standard InChI is InChI=1S/C13H24BrNO/c1-2-15(12-8-4-3-5-9-12)13(16)10-6-7-11-14/h12H,2-11H2,1H3. The first kappa shape index (κ1) is 14.0. The van der Waals surface area contributed by atoms with Crippen molar-refractivity contribution >= 4 is 21.8 Å². The summed E-state index contributed by atoms with van der Waals surface area (Å²) < 4.78 is 0. The monoisotopic (exact) mass is 289 g/mol. The third-order valence-electron chi connectivity index (χ3n) is 3.45. The van der Waals surface area contributed by atoms with E-state index in [9.17, 15) is 4.79 Å². The molecule has 94 valence electrons. The summed E-state index contributed by atoms with van der Waals surface area (Å²) in [5.74, 6) is 0.371. The van der Waals surface area contributed by atoms with E-state index in [0.717, 1.165) is 31.1 Å². The number of carbonyl (C=O) groups excluding carboxylic acids is 1. The Morgan fingerprint density at radius 1 is 1.25 bits per heavy atom. The molecule has 0 saturated heterocycles. The van der Waals surface area contributed by atoms with E-state index in [2.05, 4.69) is 27.8 Å². The quantitative estimate of drug-likeness (QED) is 0.539. The van der Waals surface area contributed by atoms with Crippen molar-refractivity contribution in [3.8, 4) is 0 Å². The molecule has 2 nitrogen and oxygen atoms in total. The Labute approximate surface area is 108 Å². The molecule has 0 unspecified atom stereocenters. The van der Waals surface area contributed by atoms with Crippen LogP contribution < -0.4 is 0 Å². The lowest BCUT2D eigenvalue weighted by molar-refractivity contribution is -0.134. The Hall–Kier alpha value is -0.0500. The van der Waals surface area contributed by atoms with Crippen molar-refractivity contribution in [1.82, 2.24) is 4.90 Å². The van der Waals surface area contributed by atoms with Crippen LogP contribution >= 0.6 is 15.9 Å². The third kappa shape index (κ3) is 4.44. The van der Waals surface area contributed by atoms with Gasteiger partial charge < -0.3 is 4.90 Å². The Bertz CT molecular complexity index is 202. The molecule has 1 fully saturated rings. The first-order chi connectivity index (χ1) is 7.79. The maximum atomic E-state index is 12.1. The number of halogens is 1. The summed E-state index contributed by atoms with van der Waals surface area (Å²) in [7, 11) is 0. The minimum absolute atomic E-state index is 0.371. The first-order valence-electron chi connectivity index (χ1n) is 6.65. The molecule has 1 aliphatic rings. The van der Waals surface area contributed by atoms with Gasteiger partial charge in [0.2, 0.25) is 5.91 Å². The molecule has 0 N–H and O–H groups in total. The van der Waals surface area contributed by atoms with Crippen LogP contribution in [0.2, 0.25) is 0 Å². The normalized spacial score (nSPS) is 17.4. The van der Waals surface area contributed by atoms with Gasteiger partial charge >= 0.3 is 0 Å². The van der Waals surface area contributed by atoms with Crippen LogP contribution in [0, 0.1) is 0 Å². The maximum Gasteiger partial charge on any atom is 0.222 e. The highest BCUT2D eigenvalue weighted by molar-refractivity contribution is 9.09. The summed E-state index contributed by atoms with van der Waals surface area (Å²) in [6.45, 7) is 2.99. The number of nitrogens with zero attached hydrogens (tertiary/aromatic N) is 1. The van der Waals surface area contributed by atoms with Gasteiger partial charge in [-0.15, -0.1) is 0 Å². The van der Waals surface area contributed by atoms with Crippen molar-refractivity contribution in [2.45, 2.75) is 64.3 Å². The Kier molecular flexibility index (Phi) is 7.10. The fourth-order valence-corrected chi connectivity index (χ4v) is 2.94. The average molecular weight is 290 g/mol. The van der Waals surface area contributed by atoms with Crippen molar-refractivity contribution in [3.63, 3.8) is 0 Å². The van der Waals surface area contributed by atoms with Gasteiger partial charge in [-0.25, -0.2) is 0 Å². The lowest BCUT2D eigenvalue weighted by Gasteiger charge is -2.33. The average Bonchev–Trinajstić information content (AvgIpc) is 2.32. The van der Waals surface area contributed by atoms with Crippen LogP contribution in [0.1, 0.15) is 58.3 Å². The van der Waals surface area contributed by atoms with Gasteiger partial charge in [-0.05, 0) is 32.6 Å².